The molecular formula is C18H32O3. The highest BCUT2D eigenvalue weighted by Crippen LogP contribution is 2.35. The number of carbonyl (C=O) groups excluding carboxylic acids is 1. The molecule has 0 aromatic rings. The molecule has 0 N–H and O–H groups in total. The van der Waals surface area contributed by atoms with Gasteiger partial charge in [0.2, 0.25) is 0 Å². The fraction of sp³-hybridized carbons (Fsp3) is 0.944. The van der Waals surface area contributed by atoms with Gasteiger partial charge in [-0.3, -0.25) is 4.79 Å². The zero-order valence-corrected chi connectivity index (χ0v) is 13.8. The molecule has 1 aliphatic heterocycles. The number of hydrogen-bond acceptors (Lipinski definition) is 3. The highest BCUT2D eigenvalue weighted by molar-refractivity contribution is 5.73. The van der Waals surface area contributed by atoms with Crippen LogP contribution in [0.4, 0.5) is 0 Å². The van der Waals surface area contributed by atoms with Gasteiger partial charge in [0.25, 0.3) is 0 Å². The van der Waals surface area contributed by atoms with Crippen LogP contribution in [-0.2, 0) is 14.3 Å². The summed E-state index contributed by atoms with van der Waals surface area (Å²) >= 11 is 0. The fourth-order valence-electron chi connectivity index (χ4n) is 3.89. The van der Waals surface area contributed by atoms with Crippen LogP contribution >= 0.6 is 0 Å². The first kappa shape index (κ1) is 16.8. The highest BCUT2D eigenvalue weighted by atomic mass is 16.5. The van der Waals surface area contributed by atoms with Gasteiger partial charge in [0.05, 0.1) is 12.0 Å². The van der Waals surface area contributed by atoms with E-state index < -0.39 is 0 Å². The molecule has 2 rings (SSSR count). The summed E-state index contributed by atoms with van der Waals surface area (Å²) in [5.41, 5.74) is 0. The molecule has 0 radical (unpaired) electrons. The molecule has 3 nitrogen and oxygen atoms in total. The van der Waals surface area contributed by atoms with Gasteiger partial charge in [-0.2, -0.15) is 0 Å². The zero-order chi connectivity index (χ0) is 15.1. The molecule has 1 saturated heterocycles. The largest absolute Gasteiger partial charge is 0.462 e. The summed E-state index contributed by atoms with van der Waals surface area (Å²) in [6.45, 7) is 5.08. The topological polar surface area (TPSA) is 35.5 Å². The molecular weight excluding hydrogens is 264 g/mol. The van der Waals surface area contributed by atoms with Crippen LogP contribution in [0.2, 0.25) is 0 Å². The van der Waals surface area contributed by atoms with Crippen molar-refractivity contribution in [1.29, 1.82) is 0 Å². The molecule has 21 heavy (non-hydrogen) atoms. The SMILES string of the molecule is CCCCCC1CCC(C2CCC(OCC)CC2)OC1=O. The Kier molecular flexibility index (Phi) is 7.01. The van der Waals surface area contributed by atoms with Crippen molar-refractivity contribution in [2.75, 3.05) is 6.61 Å². The van der Waals surface area contributed by atoms with E-state index in [4.69, 9.17) is 9.47 Å². The third-order valence-corrected chi connectivity index (χ3v) is 5.20. The number of ether oxygens (including phenoxy) is 2. The van der Waals surface area contributed by atoms with Gasteiger partial charge in [-0.15, -0.1) is 0 Å². The molecule has 0 spiro atoms. The van der Waals surface area contributed by atoms with Crippen molar-refractivity contribution < 1.29 is 14.3 Å². The van der Waals surface area contributed by atoms with Crippen molar-refractivity contribution in [3.8, 4) is 0 Å². The molecule has 2 unspecified atom stereocenters. The van der Waals surface area contributed by atoms with Crippen LogP contribution in [-0.4, -0.2) is 24.8 Å². The van der Waals surface area contributed by atoms with E-state index in [-0.39, 0.29) is 18.0 Å². The van der Waals surface area contributed by atoms with Gasteiger partial charge < -0.3 is 9.47 Å². The van der Waals surface area contributed by atoms with Crippen molar-refractivity contribution >= 4 is 5.97 Å². The Morgan fingerprint density at radius 1 is 1.05 bits per heavy atom. The van der Waals surface area contributed by atoms with E-state index in [1.54, 1.807) is 0 Å². The van der Waals surface area contributed by atoms with Crippen molar-refractivity contribution in [2.45, 2.75) is 90.3 Å². The summed E-state index contributed by atoms with van der Waals surface area (Å²) < 4.78 is 11.5. The van der Waals surface area contributed by atoms with Crippen molar-refractivity contribution in [2.24, 2.45) is 11.8 Å². The minimum atomic E-state index is 0.0780. The van der Waals surface area contributed by atoms with Crippen LogP contribution in [0.3, 0.4) is 0 Å². The standard InChI is InChI=1S/C18H32O3/c1-3-5-6-7-15-10-13-17(21-18(15)19)14-8-11-16(12-9-14)20-4-2/h14-17H,3-13H2,1-2H3. The van der Waals surface area contributed by atoms with Crippen molar-refractivity contribution in [1.82, 2.24) is 0 Å². The minimum Gasteiger partial charge on any atom is -0.462 e. The van der Waals surface area contributed by atoms with E-state index in [0.717, 1.165) is 51.6 Å². The van der Waals surface area contributed by atoms with Crippen LogP contribution < -0.4 is 0 Å². The predicted molar refractivity (Wildman–Crippen MR) is 84.1 cm³/mol. The van der Waals surface area contributed by atoms with Crippen LogP contribution in [0.5, 0.6) is 0 Å². The van der Waals surface area contributed by atoms with Crippen LogP contribution in [0.15, 0.2) is 0 Å². The summed E-state index contributed by atoms with van der Waals surface area (Å²) in [6.07, 6.45) is 11.9. The minimum absolute atomic E-state index is 0.0780. The predicted octanol–water partition coefficient (Wildman–Crippen LogP) is 4.48. The lowest BCUT2D eigenvalue weighted by atomic mass is 9.80. The van der Waals surface area contributed by atoms with Gasteiger partial charge in [-0.25, -0.2) is 0 Å². The number of carbonyl (C=O) groups is 1. The Hall–Kier alpha value is -0.570. The number of unbranched alkanes of at least 4 members (excludes halogenated alkanes) is 2. The Labute approximate surface area is 129 Å². The Morgan fingerprint density at radius 3 is 2.43 bits per heavy atom. The summed E-state index contributed by atoms with van der Waals surface area (Å²) in [4.78, 5) is 12.2. The molecule has 1 saturated carbocycles. The van der Waals surface area contributed by atoms with Gasteiger partial charge in [0, 0.05) is 6.61 Å². The highest BCUT2D eigenvalue weighted by Gasteiger charge is 2.35. The smallest absolute Gasteiger partial charge is 0.309 e. The Bertz CT molecular complexity index is 308. The molecule has 1 aliphatic carbocycles. The molecule has 0 aromatic heterocycles. The maximum atomic E-state index is 12.2. The number of rotatable bonds is 7. The first-order valence-corrected chi connectivity index (χ1v) is 9.06. The Balaban J connectivity index is 1.71. The second kappa shape index (κ2) is 8.77. The summed E-state index contributed by atoms with van der Waals surface area (Å²) in [7, 11) is 0. The van der Waals surface area contributed by atoms with E-state index in [1.807, 2.05) is 0 Å². The van der Waals surface area contributed by atoms with E-state index in [0.29, 0.717) is 12.0 Å². The maximum absolute atomic E-state index is 12.2. The summed E-state index contributed by atoms with van der Waals surface area (Å²) in [6, 6.07) is 0. The van der Waals surface area contributed by atoms with Gasteiger partial charge >= 0.3 is 5.97 Å². The lowest BCUT2D eigenvalue weighted by Crippen LogP contribution is -2.38. The van der Waals surface area contributed by atoms with Crippen molar-refractivity contribution in [3.63, 3.8) is 0 Å². The van der Waals surface area contributed by atoms with Gasteiger partial charge in [0.15, 0.2) is 0 Å². The molecule has 122 valence electrons. The van der Waals surface area contributed by atoms with Gasteiger partial charge in [-0.05, 0) is 57.8 Å². The number of cyclic esters (lactones) is 1. The monoisotopic (exact) mass is 296 g/mol. The molecule has 1 heterocycles. The van der Waals surface area contributed by atoms with Crippen LogP contribution in [0, 0.1) is 11.8 Å². The molecule has 3 heteroatoms. The average Bonchev–Trinajstić information content (AvgIpc) is 2.50. The van der Waals surface area contributed by atoms with Gasteiger partial charge in [-0.1, -0.05) is 26.2 Å². The zero-order valence-electron chi connectivity index (χ0n) is 13.8. The maximum Gasteiger partial charge on any atom is 0.309 e. The van der Waals surface area contributed by atoms with Gasteiger partial charge in [0.1, 0.15) is 6.10 Å². The van der Waals surface area contributed by atoms with Crippen LogP contribution in [0.1, 0.15) is 78.1 Å². The molecule has 2 fully saturated rings. The fourth-order valence-corrected chi connectivity index (χ4v) is 3.89. The first-order chi connectivity index (χ1) is 10.2. The third-order valence-electron chi connectivity index (χ3n) is 5.20. The quantitative estimate of drug-likeness (QED) is 0.513. The molecule has 0 bridgehead atoms. The lowest BCUT2D eigenvalue weighted by Gasteiger charge is -2.37. The average molecular weight is 296 g/mol. The first-order valence-electron chi connectivity index (χ1n) is 9.06. The number of hydrogen-bond donors (Lipinski definition) is 0. The van der Waals surface area contributed by atoms with Crippen molar-refractivity contribution in [3.05, 3.63) is 0 Å². The van der Waals surface area contributed by atoms with E-state index >= 15 is 0 Å². The Morgan fingerprint density at radius 2 is 1.81 bits per heavy atom. The molecule has 2 atom stereocenters. The molecule has 0 amide bonds. The molecule has 2 aliphatic rings. The van der Waals surface area contributed by atoms with E-state index in [1.165, 1.54) is 19.3 Å². The van der Waals surface area contributed by atoms with E-state index in [9.17, 15) is 4.79 Å². The normalized spacial score (nSPS) is 33.7. The summed E-state index contributed by atoms with van der Waals surface area (Å²) in [5.74, 6) is 0.823. The lowest BCUT2D eigenvalue weighted by molar-refractivity contribution is -0.165. The third kappa shape index (κ3) is 4.98. The van der Waals surface area contributed by atoms with E-state index in [2.05, 4.69) is 13.8 Å². The second-order valence-corrected chi connectivity index (χ2v) is 6.74. The molecule has 0 aromatic carbocycles. The second-order valence-electron chi connectivity index (χ2n) is 6.74. The number of esters is 1. The van der Waals surface area contributed by atoms with Crippen LogP contribution in [0.25, 0.3) is 0 Å². The summed E-state index contributed by atoms with van der Waals surface area (Å²) in [5, 5.41) is 0.